The van der Waals surface area contributed by atoms with E-state index in [-0.39, 0.29) is 10.9 Å². The monoisotopic (exact) mass is 490 g/mol. The van der Waals surface area contributed by atoms with E-state index in [4.69, 9.17) is 15.9 Å². The van der Waals surface area contributed by atoms with Gasteiger partial charge in [-0.25, -0.2) is 4.79 Å². The van der Waals surface area contributed by atoms with Crippen LogP contribution in [0.2, 0.25) is 0 Å². The van der Waals surface area contributed by atoms with E-state index >= 15 is 0 Å². The van der Waals surface area contributed by atoms with Crippen LogP contribution in [0.25, 0.3) is 0 Å². The number of aliphatic carboxylic acids is 1. The van der Waals surface area contributed by atoms with Crippen LogP contribution in [0.1, 0.15) is 56.1 Å². The zero-order chi connectivity index (χ0) is 24.4. The summed E-state index contributed by atoms with van der Waals surface area (Å²) in [6.07, 6.45) is 2.78. The lowest BCUT2D eigenvalue weighted by Crippen LogP contribution is -2.61. The van der Waals surface area contributed by atoms with E-state index in [1.54, 1.807) is 6.07 Å². The maximum atomic E-state index is 11.3. The Kier molecular flexibility index (Phi) is 6.68. The third kappa shape index (κ3) is 3.84. The standard InChI is InChI=1S/C26H32O8.H2O/c1-3-26(32)11-9-18-17-6-4-13-12-14(5-7-15(13)16(17)8-10-25(18,26)2)33-24-21(29)19(27)20(28)22(34-24)23(30)31;/h1,5,7,12,16-22,24,27-29,32H,4,6,8-11H2,2H3,(H,30,31);1H2/t16-,17-,18+,19+,20+,21-,22+,24-,25+,26+;/m1./s1. The van der Waals surface area contributed by atoms with Crippen LogP contribution in [-0.2, 0) is 16.0 Å². The number of terminal acetylenes is 1. The highest BCUT2D eigenvalue weighted by molar-refractivity contribution is 5.73. The fourth-order valence-electron chi connectivity index (χ4n) is 7.17. The molecule has 2 saturated carbocycles. The van der Waals surface area contributed by atoms with E-state index in [2.05, 4.69) is 12.8 Å². The second-order valence-electron chi connectivity index (χ2n) is 10.6. The third-order valence-electron chi connectivity index (χ3n) is 9.15. The summed E-state index contributed by atoms with van der Waals surface area (Å²) in [6, 6.07) is 5.67. The SMILES string of the molecule is C#C[C@]1(O)CC[C@H]2[C@@H]3CCc4cc(O[C@@H]5O[C@H](C(=O)O)[C@@H](O)[C@H](O)[C@H]5O)ccc4[C@H]3CC[C@@]21C.O. The number of benzene rings is 1. The Morgan fingerprint density at radius 3 is 2.57 bits per heavy atom. The van der Waals surface area contributed by atoms with Gasteiger partial charge in [0.1, 0.15) is 29.7 Å². The number of carboxylic acid groups (broad SMARTS) is 1. The van der Waals surface area contributed by atoms with Crippen LogP contribution in [0.4, 0.5) is 0 Å². The van der Waals surface area contributed by atoms with Gasteiger partial charge in [-0.2, -0.15) is 0 Å². The Morgan fingerprint density at radius 1 is 1.14 bits per heavy atom. The van der Waals surface area contributed by atoms with Gasteiger partial charge in [-0.1, -0.05) is 18.9 Å². The number of fused-ring (bicyclic) bond motifs is 5. The van der Waals surface area contributed by atoms with Gasteiger partial charge >= 0.3 is 5.97 Å². The first-order valence-electron chi connectivity index (χ1n) is 12.0. The average molecular weight is 491 g/mol. The normalized spacial score (nSPS) is 44.1. The van der Waals surface area contributed by atoms with Crippen molar-refractivity contribution in [1.29, 1.82) is 0 Å². The Morgan fingerprint density at radius 2 is 1.89 bits per heavy atom. The second-order valence-corrected chi connectivity index (χ2v) is 10.6. The van der Waals surface area contributed by atoms with Crippen molar-refractivity contribution in [2.75, 3.05) is 0 Å². The van der Waals surface area contributed by atoms with Gasteiger partial charge in [0.2, 0.25) is 6.29 Å². The summed E-state index contributed by atoms with van der Waals surface area (Å²) in [6.45, 7) is 2.15. The number of hydrogen-bond donors (Lipinski definition) is 5. The molecular formula is C26H34O9. The topological polar surface area (TPSA) is 168 Å². The van der Waals surface area contributed by atoms with Crippen LogP contribution < -0.4 is 4.74 Å². The molecule has 3 fully saturated rings. The zero-order valence-electron chi connectivity index (χ0n) is 19.6. The molecule has 1 saturated heterocycles. The van der Waals surface area contributed by atoms with Crippen LogP contribution >= 0.6 is 0 Å². The maximum Gasteiger partial charge on any atom is 0.335 e. The summed E-state index contributed by atoms with van der Waals surface area (Å²) >= 11 is 0. The molecule has 1 aliphatic heterocycles. The lowest BCUT2D eigenvalue weighted by Gasteiger charge is -2.52. The molecule has 4 aliphatic rings. The molecule has 0 bridgehead atoms. The number of rotatable bonds is 3. The van der Waals surface area contributed by atoms with Crippen molar-refractivity contribution < 1.29 is 45.3 Å². The first-order chi connectivity index (χ1) is 16.1. The lowest BCUT2D eigenvalue weighted by atomic mass is 9.53. The molecule has 1 aromatic rings. The Hall–Kier alpha value is -2.19. The largest absolute Gasteiger partial charge is 0.479 e. The van der Waals surface area contributed by atoms with Crippen LogP contribution in [0.15, 0.2) is 18.2 Å². The molecule has 7 N–H and O–H groups in total. The number of aliphatic hydroxyl groups excluding tert-OH is 3. The molecule has 9 heteroatoms. The fraction of sp³-hybridized carbons (Fsp3) is 0.654. The molecule has 1 aromatic carbocycles. The van der Waals surface area contributed by atoms with Crippen molar-refractivity contribution in [2.24, 2.45) is 17.3 Å². The fourth-order valence-corrected chi connectivity index (χ4v) is 7.17. The number of carbonyl (C=O) groups is 1. The van der Waals surface area contributed by atoms with Gasteiger partial charge in [0.25, 0.3) is 0 Å². The molecule has 3 aliphatic carbocycles. The summed E-state index contributed by atoms with van der Waals surface area (Å²) in [5, 5.41) is 50.5. The molecule has 0 amide bonds. The first kappa shape index (κ1) is 25.9. The van der Waals surface area contributed by atoms with E-state index in [9.17, 15) is 30.3 Å². The Bertz CT molecular complexity index is 1020. The number of aryl methyl sites for hydroxylation is 1. The lowest BCUT2D eigenvalue weighted by molar-refractivity contribution is -0.271. The van der Waals surface area contributed by atoms with Gasteiger partial charge < -0.3 is 40.5 Å². The number of aliphatic hydroxyl groups is 4. The quantitative estimate of drug-likeness (QED) is 0.378. The molecule has 0 spiro atoms. The van der Waals surface area contributed by atoms with Gasteiger partial charge in [0, 0.05) is 5.41 Å². The molecule has 0 unspecified atom stereocenters. The highest BCUT2D eigenvalue weighted by atomic mass is 16.7. The summed E-state index contributed by atoms with van der Waals surface area (Å²) in [4.78, 5) is 11.3. The van der Waals surface area contributed by atoms with E-state index in [1.807, 2.05) is 12.1 Å². The predicted octanol–water partition coefficient (Wildman–Crippen LogP) is 0.353. The highest BCUT2D eigenvalue weighted by Crippen LogP contribution is 2.64. The summed E-state index contributed by atoms with van der Waals surface area (Å²) in [5.74, 6) is 2.86. The van der Waals surface area contributed by atoms with Gasteiger partial charge in [-0.3, -0.25) is 0 Å². The van der Waals surface area contributed by atoms with Crippen molar-refractivity contribution >= 4 is 5.97 Å². The molecule has 35 heavy (non-hydrogen) atoms. The first-order valence-corrected chi connectivity index (χ1v) is 12.0. The maximum absolute atomic E-state index is 11.3. The smallest absolute Gasteiger partial charge is 0.335 e. The highest BCUT2D eigenvalue weighted by Gasteiger charge is 2.61. The molecule has 1 heterocycles. The Balaban J connectivity index is 0.00000289. The molecule has 10 atom stereocenters. The third-order valence-corrected chi connectivity index (χ3v) is 9.15. The minimum absolute atomic E-state index is 0. The molecule has 5 rings (SSSR count). The van der Waals surface area contributed by atoms with E-state index in [0.29, 0.717) is 29.9 Å². The van der Waals surface area contributed by atoms with E-state index < -0.39 is 42.3 Å². The molecule has 0 aromatic heterocycles. The number of ether oxygens (including phenoxy) is 2. The second kappa shape index (κ2) is 9.04. The van der Waals surface area contributed by atoms with Crippen molar-refractivity contribution in [3.05, 3.63) is 29.3 Å². The van der Waals surface area contributed by atoms with Crippen molar-refractivity contribution in [3.63, 3.8) is 0 Å². The number of carboxylic acids is 1. The molecule has 9 nitrogen and oxygen atoms in total. The molecular weight excluding hydrogens is 456 g/mol. The summed E-state index contributed by atoms with van der Waals surface area (Å²) in [7, 11) is 0. The van der Waals surface area contributed by atoms with Crippen LogP contribution in [0, 0.1) is 29.6 Å². The predicted molar refractivity (Wildman–Crippen MR) is 123 cm³/mol. The van der Waals surface area contributed by atoms with Gasteiger partial charge in [-0.15, -0.1) is 6.42 Å². The Labute approximate surface area is 204 Å². The summed E-state index contributed by atoms with van der Waals surface area (Å²) < 4.78 is 11.0. The zero-order valence-corrected chi connectivity index (χ0v) is 19.6. The molecule has 192 valence electrons. The van der Waals surface area contributed by atoms with Crippen molar-refractivity contribution in [2.45, 2.75) is 87.7 Å². The van der Waals surface area contributed by atoms with Crippen LogP contribution in [0.5, 0.6) is 5.75 Å². The van der Waals surface area contributed by atoms with Gasteiger partial charge in [0.05, 0.1) is 0 Å². The summed E-state index contributed by atoms with van der Waals surface area (Å²) in [5.41, 5.74) is 1.09. The molecule has 0 radical (unpaired) electrons. The number of hydrogen-bond acceptors (Lipinski definition) is 7. The van der Waals surface area contributed by atoms with Crippen LogP contribution in [-0.4, -0.2) is 73.3 Å². The minimum atomic E-state index is -1.76. The van der Waals surface area contributed by atoms with Gasteiger partial charge in [-0.05, 0) is 79.5 Å². The minimum Gasteiger partial charge on any atom is -0.479 e. The van der Waals surface area contributed by atoms with Crippen molar-refractivity contribution in [1.82, 2.24) is 0 Å². The van der Waals surface area contributed by atoms with Crippen molar-refractivity contribution in [3.8, 4) is 18.1 Å². The van der Waals surface area contributed by atoms with Gasteiger partial charge in [0.15, 0.2) is 6.10 Å². The van der Waals surface area contributed by atoms with E-state index in [1.165, 1.54) is 5.56 Å². The average Bonchev–Trinajstić information content (AvgIpc) is 3.10. The van der Waals surface area contributed by atoms with Crippen LogP contribution in [0.3, 0.4) is 0 Å². The van der Waals surface area contributed by atoms with E-state index in [0.717, 1.165) is 37.7 Å².